The third-order valence-corrected chi connectivity index (χ3v) is 1.80. The Labute approximate surface area is 70.7 Å². The molecule has 1 heterocycles. The van der Waals surface area contributed by atoms with E-state index in [1.165, 1.54) is 0 Å². The van der Waals surface area contributed by atoms with Crippen LogP contribution in [0.5, 0.6) is 0 Å². The average Bonchev–Trinajstić information content (AvgIpc) is 2.29. The van der Waals surface area contributed by atoms with Gasteiger partial charge >= 0.3 is 12.1 Å². The molecule has 4 nitrogen and oxygen atoms in total. The predicted molar refractivity (Wildman–Crippen MR) is 33.7 cm³/mol. The van der Waals surface area contributed by atoms with Crippen LogP contribution < -0.4 is 5.32 Å². The van der Waals surface area contributed by atoms with Gasteiger partial charge in [-0.2, -0.15) is 13.2 Å². The fourth-order valence-corrected chi connectivity index (χ4v) is 1.12. The van der Waals surface area contributed by atoms with Gasteiger partial charge in [0, 0.05) is 0 Å². The molecule has 0 aromatic carbocycles. The van der Waals surface area contributed by atoms with E-state index in [1.807, 2.05) is 0 Å². The molecule has 2 atom stereocenters. The molecule has 1 aliphatic heterocycles. The van der Waals surface area contributed by atoms with E-state index in [2.05, 4.69) is 0 Å². The molecular weight excluding hydrogens is 191 g/mol. The second-order valence-corrected chi connectivity index (χ2v) is 2.73. The predicted octanol–water partition coefficient (Wildman–Crippen LogP) is 0.138. The number of carboxylic acid groups (broad SMARTS) is 1. The standard InChI is InChI=1S/C6H6F3NO3/c7-6(8,9)2-1-3(5(12)13)10-4(2)11/h2-3H,1H2,(H,10,11)(H,12,13). The van der Waals surface area contributed by atoms with Gasteiger partial charge < -0.3 is 10.4 Å². The van der Waals surface area contributed by atoms with Crippen molar-refractivity contribution in [2.24, 2.45) is 5.92 Å². The van der Waals surface area contributed by atoms with Gasteiger partial charge in [0.25, 0.3) is 0 Å². The van der Waals surface area contributed by atoms with Gasteiger partial charge in [-0.15, -0.1) is 0 Å². The molecule has 0 aliphatic carbocycles. The minimum absolute atomic E-state index is 0.725. The number of carbonyl (C=O) groups is 2. The average molecular weight is 197 g/mol. The van der Waals surface area contributed by atoms with Crippen LogP contribution in [-0.2, 0) is 9.59 Å². The number of hydrogen-bond donors (Lipinski definition) is 2. The van der Waals surface area contributed by atoms with E-state index in [4.69, 9.17) is 5.11 Å². The molecule has 7 heteroatoms. The van der Waals surface area contributed by atoms with Crippen molar-refractivity contribution in [1.29, 1.82) is 0 Å². The molecule has 1 amide bonds. The first-order chi connectivity index (χ1) is 5.82. The number of nitrogens with one attached hydrogen (secondary N) is 1. The van der Waals surface area contributed by atoms with Crippen LogP contribution in [0, 0.1) is 5.92 Å². The SMILES string of the molecule is O=C(O)C1CC(C(F)(F)F)C(=O)N1. The van der Waals surface area contributed by atoms with Crippen LogP contribution in [0.1, 0.15) is 6.42 Å². The smallest absolute Gasteiger partial charge is 0.400 e. The van der Waals surface area contributed by atoms with Crippen molar-refractivity contribution in [3.05, 3.63) is 0 Å². The fraction of sp³-hybridized carbons (Fsp3) is 0.667. The van der Waals surface area contributed by atoms with E-state index >= 15 is 0 Å². The largest absolute Gasteiger partial charge is 0.480 e. The Balaban J connectivity index is 2.73. The number of aliphatic carboxylic acids is 1. The molecule has 1 rings (SSSR count). The molecule has 74 valence electrons. The molecule has 0 spiro atoms. The van der Waals surface area contributed by atoms with Crippen molar-refractivity contribution in [2.45, 2.75) is 18.6 Å². The van der Waals surface area contributed by atoms with Crippen LogP contribution in [0.4, 0.5) is 13.2 Å². The number of rotatable bonds is 1. The molecule has 1 saturated heterocycles. The highest BCUT2D eigenvalue weighted by molar-refractivity contribution is 5.89. The van der Waals surface area contributed by atoms with Crippen molar-refractivity contribution in [1.82, 2.24) is 5.32 Å². The highest BCUT2D eigenvalue weighted by atomic mass is 19.4. The summed E-state index contributed by atoms with van der Waals surface area (Å²) in [5, 5.41) is 10.1. The third kappa shape index (κ3) is 1.90. The molecule has 0 radical (unpaired) electrons. The lowest BCUT2D eigenvalue weighted by Gasteiger charge is -2.10. The van der Waals surface area contributed by atoms with Gasteiger partial charge in [-0.05, 0) is 6.42 Å². The molecule has 13 heavy (non-hydrogen) atoms. The van der Waals surface area contributed by atoms with Crippen LogP contribution in [0.2, 0.25) is 0 Å². The van der Waals surface area contributed by atoms with Crippen LogP contribution in [-0.4, -0.2) is 29.2 Å². The molecule has 1 aliphatic rings. The number of hydrogen-bond acceptors (Lipinski definition) is 2. The molecular formula is C6H6F3NO3. The van der Waals surface area contributed by atoms with E-state index in [9.17, 15) is 22.8 Å². The van der Waals surface area contributed by atoms with Crippen LogP contribution >= 0.6 is 0 Å². The monoisotopic (exact) mass is 197 g/mol. The van der Waals surface area contributed by atoms with E-state index in [0.29, 0.717) is 0 Å². The second-order valence-electron chi connectivity index (χ2n) is 2.73. The number of amides is 1. The summed E-state index contributed by atoms with van der Waals surface area (Å²) in [7, 11) is 0. The zero-order valence-electron chi connectivity index (χ0n) is 6.26. The first kappa shape index (κ1) is 9.82. The van der Waals surface area contributed by atoms with Gasteiger partial charge in [0.15, 0.2) is 0 Å². The molecule has 0 bridgehead atoms. The van der Waals surface area contributed by atoms with Crippen molar-refractivity contribution in [2.75, 3.05) is 0 Å². The van der Waals surface area contributed by atoms with E-state index < -0.39 is 36.4 Å². The Hall–Kier alpha value is -1.27. The maximum absolute atomic E-state index is 12.0. The highest BCUT2D eigenvalue weighted by Crippen LogP contribution is 2.33. The summed E-state index contributed by atoms with van der Waals surface area (Å²) < 4.78 is 36.0. The number of alkyl halides is 3. The van der Waals surface area contributed by atoms with Gasteiger partial charge in [0.1, 0.15) is 12.0 Å². The molecule has 0 aromatic rings. The lowest BCUT2D eigenvalue weighted by molar-refractivity contribution is -0.178. The van der Waals surface area contributed by atoms with Gasteiger partial charge in [0.2, 0.25) is 5.91 Å². The summed E-state index contributed by atoms with van der Waals surface area (Å²) in [5.41, 5.74) is 0. The maximum Gasteiger partial charge on any atom is 0.400 e. The van der Waals surface area contributed by atoms with E-state index in [0.717, 1.165) is 0 Å². The van der Waals surface area contributed by atoms with Crippen molar-refractivity contribution in [3.8, 4) is 0 Å². The first-order valence-electron chi connectivity index (χ1n) is 3.42. The Morgan fingerprint density at radius 2 is 2.08 bits per heavy atom. The molecule has 0 saturated carbocycles. The molecule has 2 N–H and O–H groups in total. The topological polar surface area (TPSA) is 66.4 Å². The quantitative estimate of drug-likeness (QED) is 0.628. The molecule has 2 unspecified atom stereocenters. The van der Waals surface area contributed by atoms with E-state index in [1.54, 1.807) is 5.32 Å². The normalized spacial score (nSPS) is 28.7. The summed E-state index contributed by atoms with van der Waals surface area (Å²) >= 11 is 0. The first-order valence-corrected chi connectivity index (χ1v) is 3.42. The van der Waals surface area contributed by atoms with Gasteiger partial charge in [-0.3, -0.25) is 4.79 Å². The van der Waals surface area contributed by atoms with E-state index in [-0.39, 0.29) is 0 Å². The lowest BCUT2D eigenvalue weighted by atomic mass is 10.1. The van der Waals surface area contributed by atoms with Crippen molar-refractivity contribution >= 4 is 11.9 Å². The van der Waals surface area contributed by atoms with Gasteiger partial charge in [-0.1, -0.05) is 0 Å². The number of carbonyl (C=O) groups excluding carboxylic acids is 1. The Morgan fingerprint density at radius 3 is 2.31 bits per heavy atom. The second kappa shape index (κ2) is 2.90. The van der Waals surface area contributed by atoms with Crippen LogP contribution in [0.3, 0.4) is 0 Å². The minimum atomic E-state index is -4.66. The number of carboxylic acids is 1. The van der Waals surface area contributed by atoms with Gasteiger partial charge in [0.05, 0.1) is 0 Å². The van der Waals surface area contributed by atoms with Crippen LogP contribution in [0.25, 0.3) is 0 Å². The summed E-state index contributed by atoms with van der Waals surface area (Å²) in [5.74, 6) is -4.89. The minimum Gasteiger partial charge on any atom is -0.480 e. The Bertz CT molecular complexity index is 250. The fourth-order valence-electron chi connectivity index (χ4n) is 1.12. The van der Waals surface area contributed by atoms with Crippen molar-refractivity contribution < 1.29 is 27.9 Å². The third-order valence-electron chi connectivity index (χ3n) is 1.80. The highest BCUT2D eigenvalue weighted by Gasteiger charge is 2.51. The zero-order valence-corrected chi connectivity index (χ0v) is 6.26. The summed E-state index contributed by atoms with van der Waals surface area (Å²) in [6, 6.07) is -1.42. The van der Waals surface area contributed by atoms with Gasteiger partial charge in [-0.25, -0.2) is 4.79 Å². The summed E-state index contributed by atoms with van der Waals surface area (Å²) in [4.78, 5) is 20.9. The molecule has 1 fully saturated rings. The van der Waals surface area contributed by atoms with Crippen molar-refractivity contribution in [3.63, 3.8) is 0 Å². The summed E-state index contributed by atoms with van der Waals surface area (Å²) in [6.07, 6.45) is -5.38. The Kier molecular flexibility index (Phi) is 2.19. The summed E-state index contributed by atoms with van der Waals surface area (Å²) in [6.45, 7) is 0. The Morgan fingerprint density at radius 1 is 1.54 bits per heavy atom. The zero-order chi connectivity index (χ0) is 10.2. The number of halogens is 3. The molecule has 0 aromatic heterocycles. The lowest BCUT2D eigenvalue weighted by Crippen LogP contribution is -2.34. The maximum atomic E-state index is 12.0. The van der Waals surface area contributed by atoms with Crippen LogP contribution in [0.15, 0.2) is 0 Å².